The van der Waals surface area contributed by atoms with Gasteiger partial charge in [-0.05, 0) is 42.0 Å². The van der Waals surface area contributed by atoms with Crippen LogP contribution in [0.4, 0.5) is 0 Å². The molecule has 1 unspecified atom stereocenters. The van der Waals surface area contributed by atoms with Gasteiger partial charge in [0, 0.05) is 21.0 Å². The largest absolute Gasteiger partial charge is 0.502 e. The molecule has 0 saturated heterocycles. The molecule has 0 aliphatic carbocycles. The monoisotopic (exact) mass is 464 g/mol. The molecular weight excluding hydrogens is 447 g/mol. The summed E-state index contributed by atoms with van der Waals surface area (Å²) in [5, 5.41) is 11.6. The average molecular weight is 465 g/mol. The molecule has 1 heterocycles. The van der Waals surface area contributed by atoms with Crippen molar-refractivity contribution in [1.82, 2.24) is 0 Å². The highest BCUT2D eigenvalue weighted by Gasteiger charge is 2.26. The van der Waals surface area contributed by atoms with Gasteiger partial charge >= 0.3 is 5.97 Å². The second-order valence-corrected chi connectivity index (χ2v) is 8.34. The molecular formula is C22H18Cl2O5S. The van der Waals surface area contributed by atoms with Crippen LogP contribution >= 0.6 is 35.0 Å². The van der Waals surface area contributed by atoms with Crippen molar-refractivity contribution < 1.29 is 19.1 Å². The molecule has 0 fully saturated rings. The molecule has 0 aliphatic heterocycles. The molecule has 0 saturated carbocycles. The zero-order valence-electron chi connectivity index (χ0n) is 15.9. The minimum absolute atomic E-state index is 0.0157. The maximum Gasteiger partial charge on any atom is 0.306 e. The molecule has 0 aliphatic rings. The van der Waals surface area contributed by atoms with Gasteiger partial charge in [-0.3, -0.25) is 9.59 Å². The van der Waals surface area contributed by atoms with E-state index < -0.39 is 23.1 Å². The van der Waals surface area contributed by atoms with Gasteiger partial charge in [-0.25, -0.2) is 0 Å². The topological polar surface area (TPSA) is 76.7 Å². The van der Waals surface area contributed by atoms with Gasteiger partial charge in [-0.15, -0.1) is 11.8 Å². The number of thioether (sulfide) groups is 1. The number of hydrogen-bond donors (Lipinski definition) is 1. The Morgan fingerprint density at radius 1 is 1.10 bits per heavy atom. The lowest BCUT2D eigenvalue weighted by Gasteiger charge is -2.17. The van der Waals surface area contributed by atoms with E-state index in [0.29, 0.717) is 27.1 Å². The lowest BCUT2D eigenvalue weighted by Crippen LogP contribution is -2.14. The van der Waals surface area contributed by atoms with Gasteiger partial charge in [0.05, 0.1) is 25.2 Å². The number of hydrogen-bond acceptors (Lipinski definition) is 6. The summed E-state index contributed by atoms with van der Waals surface area (Å²) in [6.45, 7) is 0. The van der Waals surface area contributed by atoms with E-state index in [1.165, 1.54) is 24.9 Å². The number of halogens is 2. The Morgan fingerprint density at radius 3 is 2.30 bits per heavy atom. The van der Waals surface area contributed by atoms with Crippen molar-refractivity contribution in [2.45, 2.75) is 23.0 Å². The van der Waals surface area contributed by atoms with Crippen molar-refractivity contribution in [3.05, 3.63) is 91.9 Å². The maximum absolute atomic E-state index is 12.4. The zero-order valence-corrected chi connectivity index (χ0v) is 18.3. The SMILES string of the molecule is COC(=O)CC(c1ccc(Cl)cc1)c1oc(CSc2ccc(Cl)cc2)cc(=O)c1O. The second-order valence-electron chi connectivity index (χ2n) is 6.42. The highest BCUT2D eigenvalue weighted by molar-refractivity contribution is 7.98. The van der Waals surface area contributed by atoms with Crippen LogP contribution in [0, 0.1) is 0 Å². The first-order chi connectivity index (χ1) is 14.4. The minimum atomic E-state index is -0.706. The van der Waals surface area contributed by atoms with Crippen LogP contribution in [-0.4, -0.2) is 18.2 Å². The van der Waals surface area contributed by atoms with E-state index in [4.69, 9.17) is 32.4 Å². The number of ether oxygens (including phenoxy) is 1. The normalized spacial score (nSPS) is 11.8. The second kappa shape index (κ2) is 10.1. The molecule has 0 bridgehead atoms. The van der Waals surface area contributed by atoms with E-state index in [9.17, 15) is 14.7 Å². The van der Waals surface area contributed by atoms with E-state index in [1.807, 2.05) is 12.1 Å². The van der Waals surface area contributed by atoms with E-state index in [1.54, 1.807) is 36.4 Å². The fourth-order valence-corrected chi connectivity index (χ4v) is 3.89. The Labute approximate surface area is 187 Å². The number of methoxy groups -OCH3 is 1. The van der Waals surface area contributed by atoms with Gasteiger partial charge in [0.25, 0.3) is 0 Å². The van der Waals surface area contributed by atoms with E-state index in [2.05, 4.69) is 0 Å². The summed E-state index contributed by atoms with van der Waals surface area (Å²) in [6.07, 6.45) is -0.109. The first kappa shape index (κ1) is 22.3. The predicted molar refractivity (Wildman–Crippen MR) is 118 cm³/mol. The standard InChI is InChI=1S/C22H18Cl2O5S/c1-28-20(26)11-18(13-2-4-14(23)5-3-13)22-21(27)19(25)10-16(29-22)12-30-17-8-6-15(24)7-9-17/h2-10,18,27H,11-12H2,1H3. The van der Waals surface area contributed by atoms with Crippen LogP contribution < -0.4 is 5.43 Å². The predicted octanol–water partition coefficient (Wildman–Crippen LogP) is 5.64. The first-order valence-electron chi connectivity index (χ1n) is 8.94. The number of esters is 1. The summed E-state index contributed by atoms with van der Waals surface area (Å²) in [6, 6.07) is 15.3. The number of aromatic hydroxyl groups is 1. The van der Waals surface area contributed by atoms with Crippen LogP contribution in [0.2, 0.25) is 10.0 Å². The number of carbonyl (C=O) groups excluding carboxylic acids is 1. The summed E-state index contributed by atoms with van der Waals surface area (Å²) in [5.74, 6) is -0.992. The Hall–Kier alpha value is -2.41. The molecule has 0 radical (unpaired) electrons. The average Bonchev–Trinajstić information content (AvgIpc) is 2.74. The summed E-state index contributed by atoms with van der Waals surface area (Å²) in [7, 11) is 1.27. The molecule has 1 N–H and O–H groups in total. The van der Waals surface area contributed by atoms with Gasteiger partial charge in [0.15, 0.2) is 5.76 Å². The minimum Gasteiger partial charge on any atom is -0.502 e. The summed E-state index contributed by atoms with van der Waals surface area (Å²) in [4.78, 5) is 25.3. The lowest BCUT2D eigenvalue weighted by atomic mass is 9.92. The van der Waals surface area contributed by atoms with E-state index >= 15 is 0 Å². The molecule has 30 heavy (non-hydrogen) atoms. The van der Waals surface area contributed by atoms with Crippen molar-refractivity contribution in [3.63, 3.8) is 0 Å². The molecule has 0 amide bonds. The van der Waals surface area contributed by atoms with Crippen molar-refractivity contribution >= 4 is 40.9 Å². The molecule has 3 aromatic rings. The summed E-state index contributed by atoms with van der Waals surface area (Å²) < 4.78 is 10.7. The molecule has 5 nitrogen and oxygen atoms in total. The van der Waals surface area contributed by atoms with E-state index in [0.717, 1.165) is 4.90 Å². The quantitative estimate of drug-likeness (QED) is 0.360. The molecule has 0 spiro atoms. The van der Waals surface area contributed by atoms with E-state index in [-0.39, 0.29) is 12.2 Å². The van der Waals surface area contributed by atoms with Crippen LogP contribution in [-0.2, 0) is 15.3 Å². The van der Waals surface area contributed by atoms with Crippen molar-refractivity contribution in [3.8, 4) is 5.75 Å². The van der Waals surface area contributed by atoms with Crippen molar-refractivity contribution in [1.29, 1.82) is 0 Å². The summed E-state index contributed by atoms with van der Waals surface area (Å²) >= 11 is 13.3. The highest BCUT2D eigenvalue weighted by atomic mass is 35.5. The van der Waals surface area contributed by atoms with Crippen molar-refractivity contribution in [2.75, 3.05) is 7.11 Å². The van der Waals surface area contributed by atoms with Gasteiger partial charge in [0.1, 0.15) is 5.76 Å². The number of carbonyl (C=O) groups is 1. The van der Waals surface area contributed by atoms with Crippen LogP contribution in [0.3, 0.4) is 0 Å². The number of rotatable bonds is 7. The Balaban J connectivity index is 1.95. The fourth-order valence-electron chi connectivity index (χ4n) is 2.85. The third kappa shape index (κ3) is 5.59. The molecule has 1 aromatic heterocycles. The summed E-state index contributed by atoms with van der Waals surface area (Å²) in [5.41, 5.74) is 0.0811. The Kier molecular flexibility index (Phi) is 7.48. The van der Waals surface area contributed by atoms with Gasteiger partial charge in [0.2, 0.25) is 11.2 Å². The fraction of sp³-hybridized carbons (Fsp3) is 0.182. The first-order valence-corrected chi connectivity index (χ1v) is 10.7. The van der Waals surface area contributed by atoms with Gasteiger partial charge < -0.3 is 14.3 Å². The Bertz CT molecular complexity index is 1080. The Morgan fingerprint density at radius 2 is 1.70 bits per heavy atom. The van der Waals surface area contributed by atoms with Crippen LogP contribution in [0.15, 0.2) is 68.7 Å². The van der Waals surface area contributed by atoms with Crippen molar-refractivity contribution in [2.24, 2.45) is 0 Å². The smallest absolute Gasteiger partial charge is 0.306 e. The third-order valence-corrected chi connectivity index (χ3v) is 5.92. The number of benzene rings is 2. The molecule has 8 heteroatoms. The van der Waals surface area contributed by atoms with Crippen LogP contribution in [0.25, 0.3) is 0 Å². The highest BCUT2D eigenvalue weighted by Crippen LogP contribution is 2.35. The van der Waals surface area contributed by atoms with Gasteiger partial charge in [-0.1, -0.05) is 35.3 Å². The van der Waals surface area contributed by atoms with Crippen LogP contribution in [0.5, 0.6) is 5.75 Å². The zero-order chi connectivity index (χ0) is 21.7. The third-order valence-electron chi connectivity index (χ3n) is 4.38. The van der Waals surface area contributed by atoms with Crippen LogP contribution in [0.1, 0.15) is 29.4 Å². The van der Waals surface area contributed by atoms with Gasteiger partial charge in [-0.2, -0.15) is 0 Å². The lowest BCUT2D eigenvalue weighted by molar-refractivity contribution is -0.140. The molecule has 156 valence electrons. The molecule has 2 aromatic carbocycles. The maximum atomic E-state index is 12.4. The molecule has 3 rings (SSSR count). The molecule has 1 atom stereocenters.